The van der Waals surface area contributed by atoms with Gasteiger partial charge in [0.05, 0.1) is 6.10 Å². The lowest BCUT2D eigenvalue weighted by Gasteiger charge is -2.45. The van der Waals surface area contributed by atoms with Crippen LogP contribution in [0.3, 0.4) is 0 Å². The third-order valence-corrected chi connectivity index (χ3v) is 3.64. The molecule has 14 heavy (non-hydrogen) atoms. The summed E-state index contributed by atoms with van der Waals surface area (Å²) in [6.45, 7) is 2.18. The summed E-state index contributed by atoms with van der Waals surface area (Å²) in [4.78, 5) is 0. The van der Waals surface area contributed by atoms with Crippen LogP contribution in [-0.2, 0) is 5.41 Å². The summed E-state index contributed by atoms with van der Waals surface area (Å²) in [5, 5.41) is 10.2. The summed E-state index contributed by atoms with van der Waals surface area (Å²) in [5.41, 5.74) is 1.53. The minimum atomic E-state index is -0.106. The number of hydrogen-bond acceptors (Lipinski definition) is 1. The Morgan fingerprint density at radius 2 is 1.93 bits per heavy atom. The zero-order valence-corrected chi connectivity index (χ0v) is 9.09. The number of rotatable bonds is 2. The first kappa shape index (κ1) is 10.0. The fourth-order valence-electron chi connectivity index (χ4n) is 2.37. The van der Waals surface area contributed by atoms with Crippen molar-refractivity contribution in [2.45, 2.75) is 37.7 Å². The van der Waals surface area contributed by atoms with Gasteiger partial charge in [-0.2, -0.15) is 0 Å². The topological polar surface area (TPSA) is 20.2 Å². The van der Waals surface area contributed by atoms with Crippen LogP contribution in [0.2, 0.25) is 5.02 Å². The van der Waals surface area contributed by atoms with Gasteiger partial charge in [-0.1, -0.05) is 30.7 Å². The number of halogens is 1. The van der Waals surface area contributed by atoms with Crippen LogP contribution in [0.15, 0.2) is 24.3 Å². The van der Waals surface area contributed by atoms with Crippen LogP contribution in [-0.4, -0.2) is 11.2 Å². The highest BCUT2D eigenvalue weighted by Crippen LogP contribution is 2.46. The predicted octanol–water partition coefficient (Wildman–Crippen LogP) is 3.14. The average Bonchev–Trinajstić information content (AvgIpc) is 2.14. The normalized spacial score (nSPS) is 31.2. The van der Waals surface area contributed by atoms with Crippen molar-refractivity contribution in [2.24, 2.45) is 0 Å². The second-order valence-electron chi connectivity index (χ2n) is 4.20. The number of benzene rings is 1. The molecule has 0 unspecified atom stereocenters. The monoisotopic (exact) mass is 210 g/mol. The van der Waals surface area contributed by atoms with Crippen LogP contribution in [0.1, 0.15) is 31.7 Å². The molecule has 1 nitrogen and oxygen atoms in total. The molecule has 0 aliphatic heterocycles. The SMILES string of the molecule is CCC1(c2ccc(Cl)cc2)CC(O)C1. The first-order valence-electron chi connectivity index (χ1n) is 5.10. The van der Waals surface area contributed by atoms with Crippen LogP contribution in [0.5, 0.6) is 0 Å². The minimum Gasteiger partial charge on any atom is -0.393 e. The molecule has 1 aliphatic carbocycles. The highest BCUT2D eigenvalue weighted by molar-refractivity contribution is 6.30. The standard InChI is InChI=1S/C12H15ClO/c1-2-12(7-11(14)8-12)9-3-5-10(13)6-4-9/h3-6,11,14H,2,7-8H2,1H3. The van der Waals surface area contributed by atoms with Crippen LogP contribution in [0, 0.1) is 0 Å². The maximum atomic E-state index is 9.40. The Kier molecular flexibility index (Phi) is 2.54. The lowest BCUT2D eigenvalue weighted by atomic mass is 9.61. The van der Waals surface area contributed by atoms with E-state index >= 15 is 0 Å². The van der Waals surface area contributed by atoms with Gasteiger partial charge in [0.1, 0.15) is 0 Å². The summed E-state index contributed by atoms with van der Waals surface area (Å²) >= 11 is 5.85. The summed E-state index contributed by atoms with van der Waals surface area (Å²) in [7, 11) is 0. The Bertz CT molecular complexity index is 312. The maximum absolute atomic E-state index is 9.40. The zero-order valence-electron chi connectivity index (χ0n) is 8.33. The molecule has 0 bridgehead atoms. The molecule has 1 aromatic carbocycles. The van der Waals surface area contributed by atoms with Gasteiger partial charge in [-0.15, -0.1) is 0 Å². The smallest absolute Gasteiger partial charge is 0.0557 e. The molecular weight excluding hydrogens is 196 g/mol. The van der Waals surface area contributed by atoms with Crippen molar-refractivity contribution in [3.05, 3.63) is 34.9 Å². The van der Waals surface area contributed by atoms with Gasteiger partial charge in [-0.3, -0.25) is 0 Å². The van der Waals surface area contributed by atoms with Gasteiger partial charge < -0.3 is 5.11 Å². The molecule has 0 radical (unpaired) electrons. The van der Waals surface area contributed by atoms with E-state index in [0.717, 1.165) is 24.3 Å². The molecule has 76 valence electrons. The van der Waals surface area contributed by atoms with E-state index in [1.165, 1.54) is 5.56 Å². The molecule has 0 heterocycles. The van der Waals surface area contributed by atoms with Crippen molar-refractivity contribution in [1.82, 2.24) is 0 Å². The highest BCUT2D eigenvalue weighted by atomic mass is 35.5. The third kappa shape index (κ3) is 1.55. The third-order valence-electron chi connectivity index (χ3n) is 3.39. The Hall–Kier alpha value is -0.530. The van der Waals surface area contributed by atoms with E-state index in [9.17, 15) is 5.11 Å². The minimum absolute atomic E-state index is 0.106. The van der Waals surface area contributed by atoms with Crippen molar-refractivity contribution in [3.63, 3.8) is 0 Å². The largest absolute Gasteiger partial charge is 0.393 e. The lowest BCUT2D eigenvalue weighted by molar-refractivity contribution is 0.0156. The van der Waals surface area contributed by atoms with E-state index in [0.29, 0.717) is 0 Å². The first-order chi connectivity index (χ1) is 6.66. The first-order valence-corrected chi connectivity index (χ1v) is 5.48. The molecule has 2 heteroatoms. The van der Waals surface area contributed by atoms with Crippen molar-refractivity contribution >= 4 is 11.6 Å². The van der Waals surface area contributed by atoms with Gasteiger partial charge in [-0.05, 0) is 42.4 Å². The van der Waals surface area contributed by atoms with E-state index in [4.69, 9.17) is 11.6 Å². The molecule has 1 fully saturated rings. The molecule has 1 saturated carbocycles. The van der Waals surface area contributed by atoms with Crippen molar-refractivity contribution in [1.29, 1.82) is 0 Å². The zero-order chi connectivity index (χ0) is 10.2. The molecule has 0 saturated heterocycles. The van der Waals surface area contributed by atoms with Crippen molar-refractivity contribution < 1.29 is 5.11 Å². The van der Waals surface area contributed by atoms with E-state index in [1.54, 1.807) is 0 Å². The molecular formula is C12H15ClO. The van der Waals surface area contributed by atoms with Gasteiger partial charge in [0.15, 0.2) is 0 Å². The summed E-state index contributed by atoms with van der Waals surface area (Å²) < 4.78 is 0. The second kappa shape index (κ2) is 3.56. The number of aliphatic hydroxyl groups is 1. The van der Waals surface area contributed by atoms with E-state index < -0.39 is 0 Å². The summed E-state index contributed by atoms with van der Waals surface area (Å²) in [5.74, 6) is 0. The average molecular weight is 211 g/mol. The van der Waals surface area contributed by atoms with Gasteiger partial charge in [0.25, 0.3) is 0 Å². The number of hydrogen-bond donors (Lipinski definition) is 1. The lowest BCUT2D eigenvalue weighted by Crippen LogP contribution is -2.44. The second-order valence-corrected chi connectivity index (χ2v) is 4.64. The molecule has 0 amide bonds. The Morgan fingerprint density at radius 3 is 2.36 bits per heavy atom. The molecule has 1 aliphatic rings. The molecule has 0 aromatic heterocycles. The Labute approximate surface area is 89.7 Å². The molecule has 0 spiro atoms. The Balaban J connectivity index is 2.25. The van der Waals surface area contributed by atoms with Crippen LogP contribution < -0.4 is 0 Å². The number of aliphatic hydroxyl groups excluding tert-OH is 1. The van der Waals surface area contributed by atoms with Gasteiger partial charge in [-0.25, -0.2) is 0 Å². The van der Waals surface area contributed by atoms with Crippen LogP contribution in [0.25, 0.3) is 0 Å². The molecule has 1 N–H and O–H groups in total. The van der Waals surface area contributed by atoms with Gasteiger partial charge >= 0.3 is 0 Å². The molecule has 1 aromatic rings. The van der Waals surface area contributed by atoms with Crippen LogP contribution >= 0.6 is 11.6 Å². The van der Waals surface area contributed by atoms with E-state index in [2.05, 4.69) is 19.1 Å². The van der Waals surface area contributed by atoms with Gasteiger partial charge in [0, 0.05) is 5.02 Å². The highest BCUT2D eigenvalue weighted by Gasteiger charge is 2.43. The summed E-state index contributed by atoms with van der Waals surface area (Å²) in [6, 6.07) is 8.02. The van der Waals surface area contributed by atoms with Crippen LogP contribution in [0.4, 0.5) is 0 Å². The fourth-order valence-corrected chi connectivity index (χ4v) is 2.50. The fraction of sp³-hybridized carbons (Fsp3) is 0.500. The van der Waals surface area contributed by atoms with E-state index in [1.807, 2.05) is 12.1 Å². The predicted molar refractivity (Wildman–Crippen MR) is 58.7 cm³/mol. The summed E-state index contributed by atoms with van der Waals surface area (Å²) in [6.07, 6.45) is 2.77. The van der Waals surface area contributed by atoms with E-state index in [-0.39, 0.29) is 11.5 Å². The quantitative estimate of drug-likeness (QED) is 0.795. The van der Waals surface area contributed by atoms with Gasteiger partial charge in [0.2, 0.25) is 0 Å². The maximum Gasteiger partial charge on any atom is 0.0557 e. The van der Waals surface area contributed by atoms with Crippen molar-refractivity contribution in [2.75, 3.05) is 0 Å². The molecule has 0 atom stereocenters. The molecule has 2 rings (SSSR count). The Morgan fingerprint density at radius 1 is 1.36 bits per heavy atom. The van der Waals surface area contributed by atoms with Crippen molar-refractivity contribution in [3.8, 4) is 0 Å².